The molecule has 0 radical (unpaired) electrons. The van der Waals surface area contributed by atoms with Gasteiger partial charge in [-0.15, -0.1) is 0 Å². The quantitative estimate of drug-likeness (QED) is 0.327. The Morgan fingerprint density at radius 3 is 2.39 bits per heavy atom. The molecule has 1 aliphatic heterocycles. The number of ether oxygens (including phenoxy) is 2. The molecule has 0 saturated heterocycles. The molecule has 1 atom stereocenters. The van der Waals surface area contributed by atoms with E-state index in [2.05, 4.69) is 5.32 Å². The summed E-state index contributed by atoms with van der Waals surface area (Å²) in [4.78, 5) is 40.3. The third-order valence-corrected chi connectivity index (χ3v) is 6.28. The van der Waals surface area contributed by atoms with Crippen molar-refractivity contribution in [3.63, 3.8) is 0 Å². The molecule has 2 amide bonds. The van der Waals surface area contributed by atoms with Crippen LogP contribution in [-0.4, -0.2) is 36.9 Å². The number of hydrogen-bond acceptors (Lipinski definition) is 7. The number of Topliss-reactive ketones (excluding diaryl/α,β-unsaturated/α-hetero) is 1. The summed E-state index contributed by atoms with van der Waals surface area (Å²) in [5.74, 6) is -1.38. The third-order valence-electron chi connectivity index (χ3n) is 6.28. The first-order valence-corrected chi connectivity index (χ1v) is 11.7. The third kappa shape index (κ3) is 4.24. The van der Waals surface area contributed by atoms with E-state index in [1.165, 1.54) is 26.0 Å². The minimum absolute atomic E-state index is 0.0498. The van der Waals surface area contributed by atoms with Crippen molar-refractivity contribution in [3.8, 4) is 11.5 Å². The fraction of sp³-hybridized carbons (Fsp3) is 0.138. The number of amides is 2. The van der Waals surface area contributed by atoms with Crippen LogP contribution in [0.15, 0.2) is 88.5 Å². The lowest BCUT2D eigenvalue weighted by Gasteiger charge is -2.27. The zero-order valence-corrected chi connectivity index (χ0v) is 20.8. The smallest absolute Gasteiger partial charge is 0.294 e. The Kier molecular flexibility index (Phi) is 6.34. The highest BCUT2D eigenvalue weighted by Crippen LogP contribution is 2.43. The largest absolute Gasteiger partial charge is 0.503 e. The number of nitrogens with one attached hydrogen (secondary N) is 1. The van der Waals surface area contributed by atoms with Gasteiger partial charge in [-0.05, 0) is 48.0 Å². The molecule has 0 bridgehead atoms. The molecule has 1 unspecified atom stereocenters. The van der Waals surface area contributed by atoms with Crippen LogP contribution < -0.4 is 19.7 Å². The van der Waals surface area contributed by atoms with Crippen LogP contribution in [0.25, 0.3) is 11.0 Å². The van der Waals surface area contributed by atoms with Crippen molar-refractivity contribution in [2.24, 2.45) is 0 Å². The van der Waals surface area contributed by atoms with E-state index in [1.807, 2.05) is 0 Å². The Morgan fingerprint density at radius 1 is 0.974 bits per heavy atom. The van der Waals surface area contributed by atoms with Crippen molar-refractivity contribution in [2.75, 3.05) is 24.4 Å². The minimum Gasteiger partial charge on any atom is -0.503 e. The first-order chi connectivity index (χ1) is 18.3. The second kappa shape index (κ2) is 9.78. The fourth-order valence-corrected chi connectivity index (χ4v) is 4.58. The van der Waals surface area contributed by atoms with Gasteiger partial charge in [0, 0.05) is 23.7 Å². The SMILES string of the molecule is COc1ccc(C2C(C(=O)c3cc4cccc(OC)c4o3)=C(O)C(=O)N2c2cccc(NC(C)=O)c2)cc1. The Balaban J connectivity index is 1.64. The van der Waals surface area contributed by atoms with Crippen LogP contribution >= 0.6 is 0 Å². The highest BCUT2D eigenvalue weighted by molar-refractivity contribution is 6.21. The molecule has 3 aromatic carbocycles. The van der Waals surface area contributed by atoms with E-state index in [-0.39, 0.29) is 17.2 Å². The van der Waals surface area contributed by atoms with Gasteiger partial charge < -0.3 is 24.3 Å². The summed E-state index contributed by atoms with van der Waals surface area (Å²) in [5.41, 5.74) is 1.64. The number of carbonyl (C=O) groups is 3. The number of carbonyl (C=O) groups excluding carboxylic acids is 3. The Bertz CT molecular complexity index is 1600. The molecular weight excluding hydrogens is 488 g/mol. The van der Waals surface area contributed by atoms with E-state index >= 15 is 0 Å². The zero-order valence-electron chi connectivity index (χ0n) is 20.8. The second-order valence-electron chi connectivity index (χ2n) is 8.66. The van der Waals surface area contributed by atoms with Crippen molar-refractivity contribution in [2.45, 2.75) is 13.0 Å². The summed E-state index contributed by atoms with van der Waals surface area (Å²) < 4.78 is 16.5. The molecule has 0 saturated carbocycles. The lowest BCUT2D eigenvalue weighted by atomic mass is 9.94. The number of methoxy groups -OCH3 is 2. The molecule has 0 fully saturated rings. The van der Waals surface area contributed by atoms with Gasteiger partial charge in [-0.2, -0.15) is 0 Å². The van der Waals surface area contributed by atoms with Crippen molar-refractivity contribution in [3.05, 3.63) is 95.5 Å². The highest BCUT2D eigenvalue weighted by atomic mass is 16.5. The van der Waals surface area contributed by atoms with Gasteiger partial charge in [0.05, 0.1) is 25.8 Å². The molecule has 9 heteroatoms. The number of aliphatic hydroxyl groups is 1. The average molecular weight is 513 g/mol. The number of benzene rings is 3. The number of fused-ring (bicyclic) bond motifs is 1. The summed E-state index contributed by atoms with van der Waals surface area (Å²) in [6.45, 7) is 1.38. The van der Waals surface area contributed by atoms with E-state index in [9.17, 15) is 19.5 Å². The van der Waals surface area contributed by atoms with Crippen molar-refractivity contribution in [1.29, 1.82) is 0 Å². The van der Waals surface area contributed by atoms with Crippen LogP contribution in [-0.2, 0) is 9.59 Å². The number of nitrogens with zero attached hydrogens (tertiary/aromatic N) is 1. The lowest BCUT2D eigenvalue weighted by Crippen LogP contribution is -2.31. The highest BCUT2D eigenvalue weighted by Gasteiger charge is 2.45. The Labute approximate surface area is 217 Å². The summed E-state index contributed by atoms with van der Waals surface area (Å²) in [7, 11) is 3.03. The molecule has 9 nitrogen and oxygen atoms in total. The van der Waals surface area contributed by atoms with Crippen LogP contribution in [0.2, 0.25) is 0 Å². The average Bonchev–Trinajstić information content (AvgIpc) is 3.47. The first-order valence-electron chi connectivity index (χ1n) is 11.7. The van der Waals surface area contributed by atoms with E-state index in [0.717, 1.165) is 0 Å². The number of hydrogen-bond donors (Lipinski definition) is 2. The summed E-state index contributed by atoms with van der Waals surface area (Å²) in [6, 6.07) is 19.3. The Hall–Kier alpha value is -5.05. The number of anilines is 2. The zero-order chi connectivity index (χ0) is 27.0. The Morgan fingerprint density at radius 2 is 1.71 bits per heavy atom. The molecule has 1 aromatic heterocycles. The van der Waals surface area contributed by atoms with Crippen LogP contribution in [0.5, 0.6) is 11.5 Å². The van der Waals surface area contributed by atoms with Gasteiger partial charge in [0.1, 0.15) is 5.75 Å². The van der Waals surface area contributed by atoms with Gasteiger partial charge >= 0.3 is 0 Å². The summed E-state index contributed by atoms with van der Waals surface area (Å²) in [5, 5.41) is 14.4. The van der Waals surface area contributed by atoms with Gasteiger partial charge in [-0.3, -0.25) is 19.3 Å². The standard InChI is InChI=1S/C29H24N2O7/c1-16(32)30-19-7-5-8-20(15-19)31-25(17-10-12-21(36-2)13-11-17)24(27(34)29(31)35)26(33)23-14-18-6-4-9-22(37-3)28(18)38-23/h4-15,25,34H,1-3H3,(H,30,32). The maximum atomic E-state index is 13.9. The van der Waals surface area contributed by atoms with Gasteiger partial charge in [-0.1, -0.05) is 30.3 Å². The molecule has 0 aliphatic carbocycles. The number of ketones is 1. The second-order valence-corrected chi connectivity index (χ2v) is 8.66. The minimum atomic E-state index is -0.983. The number of para-hydroxylation sites is 1. The lowest BCUT2D eigenvalue weighted by molar-refractivity contribution is -0.117. The normalized spacial score (nSPS) is 15.2. The van der Waals surface area contributed by atoms with Crippen LogP contribution in [0, 0.1) is 0 Å². The van der Waals surface area contributed by atoms with E-state index in [1.54, 1.807) is 72.8 Å². The molecule has 2 N–H and O–H groups in total. The topological polar surface area (TPSA) is 118 Å². The van der Waals surface area contributed by atoms with Gasteiger partial charge in [0.15, 0.2) is 22.9 Å². The monoisotopic (exact) mass is 512 g/mol. The molecule has 0 spiro atoms. The molecule has 1 aliphatic rings. The van der Waals surface area contributed by atoms with E-state index in [4.69, 9.17) is 13.9 Å². The van der Waals surface area contributed by atoms with E-state index < -0.39 is 23.5 Å². The summed E-state index contributed by atoms with van der Waals surface area (Å²) in [6.07, 6.45) is 0. The number of furan rings is 1. The van der Waals surface area contributed by atoms with Crippen LogP contribution in [0.3, 0.4) is 0 Å². The predicted molar refractivity (Wildman–Crippen MR) is 141 cm³/mol. The van der Waals surface area contributed by atoms with Crippen molar-refractivity contribution in [1.82, 2.24) is 0 Å². The van der Waals surface area contributed by atoms with Gasteiger partial charge in [-0.25, -0.2) is 0 Å². The van der Waals surface area contributed by atoms with Gasteiger partial charge in [0.2, 0.25) is 11.7 Å². The first kappa shape index (κ1) is 24.6. The molecular formula is C29H24N2O7. The van der Waals surface area contributed by atoms with Crippen LogP contribution in [0.4, 0.5) is 11.4 Å². The maximum Gasteiger partial charge on any atom is 0.294 e. The predicted octanol–water partition coefficient (Wildman–Crippen LogP) is 5.19. The molecule has 192 valence electrons. The number of rotatable bonds is 7. The number of aliphatic hydroxyl groups excluding tert-OH is 1. The molecule has 5 rings (SSSR count). The molecule has 2 heterocycles. The van der Waals surface area contributed by atoms with Crippen molar-refractivity contribution >= 4 is 39.9 Å². The molecule has 4 aromatic rings. The maximum absolute atomic E-state index is 13.9. The van der Waals surface area contributed by atoms with Crippen LogP contribution in [0.1, 0.15) is 29.1 Å². The summed E-state index contributed by atoms with van der Waals surface area (Å²) >= 11 is 0. The van der Waals surface area contributed by atoms with Gasteiger partial charge in [0.25, 0.3) is 5.91 Å². The fourth-order valence-electron chi connectivity index (χ4n) is 4.58. The molecule has 38 heavy (non-hydrogen) atoms. The van der Waals surface area contributed by atoms with E-state index in [0.29, 0.717) is 39.4 Å². The van der Waals surface area contributed by atoms with Crippen molar-refractivity contribution < 1.29 is 33.4 Å².